The Morgan fingerprint density at radius 2 is 1.70 bits per heavy atom. The fourth-order valence-electron chi connectivity index (χ4n) is 3.13. The van der Waals surface area contributed by atoms with Gasteiger partial charge in [0.2, 0.25) is 11.8 Å². The van der Waals surface area contributed by atoms with Crippen LogP contribution in [-0.4, -0.2) is 73.5 Å². The zero-order valence-corrected chi connectivity index (χ0v) is 16.8. The summed E-state index contributed by atoms with van der Waals surface area (Å²) in [4.78, 5) is 28.6. The highest BCUT2D eigenvalue weighted by Crippen LogP contribution is 2.11. The van der Waals surface area contributed by atoms with Crippen LogP contribution < -0.4 is 15.4 Å². The van der Waals surface area contributed by atoms with Crippen LogP contribution in [0.2, 0.25) is 0 Å². The molecule has 0 unspecified atom stereocenters. The summed E-state index contributed by atoms with van der Waals surface area (Å²) in [6.07, 6.45) is 0. The monoisotopic (exact) mass is 376 g/mol. The lowest BCUT2D eigenvalue weighted by Gasteiger charge is -2.37. The van der Waals surface area contributed by atoms with Gasteiger partial charge >= 0.3 is 0 Å². The third kappa shape index (κ3) is 6.84. The molecule has 1 saturated heterocycles. The molecule has 1 aliphatic heterocycles. The molecule has 2 N–H and O–H groups in total. The fraction of sp³-hybridized carbons (Fsp3) is 0.600. The van der Waals surface area contributed by atoms with Gasteiger partial charge in [0.15, 0.2) is 0 Å². The van der Waals surface area contributed by atoms with Crippen LogP contribution in [0.4, 0.5) is 0 Å². The lowest BCUT2D eigenvalue weighted by molar-refractivity contribution is -0.128. The second-order valence-corrected chi connectivity index (χ2v) is 7.28. The number of hydrogen-bond donors (Lipinski definition) is 2. The zero-order valence-electron chi connectivity index (χ0n) is 16.8. The molecule has 1 fully saturated rings. The van der Waals surface area contributed by atoms with Crippen LogP contribution in [0.1, 0.15) is 26.3 Å². The molecule has 150 valence electrons. The Kier molecular flexibility index (Phi) is 8.06. The maximum absolute atomic E-state index is 12.5. The van der Waals surface area contributed by atoms with Gasteiger partial charge in [0.05, 0.1) is 19.7 Å². The first kappa shape index (κ1) is 21.2. The van der Waals surface area contributed by atoms with E-state index < -0.39 is 0 Å². The van der Waals surface area contributed by atoms with Crippen LogP contribution >= 0.6 is 0 Å². The molecule has 2 amide bonds. The number of piperazine rings is 1. The number of carbonyl (C=O) groups excluding carboxylic acids is 2. The Labute approximate surface area is 162 Å². The Hall–Kier alpha value is -2.12. The number of methoxy groups -OCH3 is 1. The molecule has 0 aromatic heterocycles. The van der Waals surface area contributed by atoms with Gasteiger partial charge in [0.25, 0.3) is 0 Å². The van der Waals surface area contributed by atoms with E-state index in [9.17, 15) is 9.59 Å². The molecule has 27 heavy (non-hydrogen) atoms. The molecular weight excluding hydrogens is 344 g/mol. The van der Waals surface area contributed by atoms with Gasteiger partial charge in [-0.1, -0.05) is 12.1 Å². The minimum atomic E-state index is -0.185. The fourth-order valence-corrected chi connectivity index (χ4v) is 3.13. The normalized spacial score (nSPS) is 16.8. The van der Waals surface area contributed by atoms with Crippen molar-refractivity contribution >= 4 is 11.8 Å². The number of hydrogen-bond acceptors (Lipinski definition) is 5. The first-order valence-electron chi connectivity index (χ1n) is 9.55. The van der Waals surface area contributed by atoms with E-state index in [1.807, 2.05) is 45.0 Å². The smallest absolute Gasteiger partial charge is 0.237 e. The Morgan fingerprint density at radius 3 is 2.26 bits per heavy atom. The Bertz CT molecular complexity index is 610. The Balaban J connectivity index is 1.73. The highest BCUT2D eigenvalue weighted by atomic mass is 16.5. The molecule has 0 saturated carbocycles. The van der Waals surface area contributed by atoms with Crippen molar-refractivity contribution in [1.82, 2.24) is 20.4 Å². The highest BCUT2D eigenvalue weighted by Gasteiger charge is 2.26. The number of nitrogens with zero attached hydrogens (tertiary/aromatic N) is 2. The SMILES string of the molecule is COc1ccc(CNC(=O)[C@H](C)N2CCN(CC(=O)NC(C)C)CC2)cc1. The van der Waals surface area contributed by atoms with Gasteiger partial charge in [-0.15, -0.1) is 0 Å². The van der Waals surface area contributed by atoms with E-state index in [0.717, 1.165) is 37.5 Å². The summed E-state index contributed by atoms with van der Waals surface area (Å²) in [5, 5.41) is 5.91. The number of nitrogens with one attached hydrogen (secondary N) is 2. The highest BCUT2D eigenvalue weighted by molar-refractivity contribution is 5.81. The molecule has 0 aliphatic carbocycles. The van der Waals surface area contributed by atoms with Crippen LogP contribution in [0.25, 0.3) is 0 Å². The molecule has 0 bridgehead atoms. The van der Waals surface area contributed by atoms with E-state index in [2.05, 4.69) is 20.4 Å². The van der Waals surface area contributed by atoms with Gasteiger partial charge in [-0.3, -0.25) is 19.4 Å². The molecule has 7 heteroatoms. The molecule has 0 radical (unpaired) electrons. The predicted octanol–water partition coefficient (Wildman–Crippen LogP) is 0.842. The van der Waals surface area contributed by atoms with Crippen LogP contribution in [0.5, 0.6) is 5.75 Å². The van der Waals surface area contributed by atoms with E-state index in [4.69, 9.17) is 4.74 Å². The van der Waals surface area contributed by atoms with Crippen molar-refractivity contribution in [3.05, 3.63) is 29.8 Å². The van der Waals surface area contributed by atoms with Crippen molar-refractivity contribution in [3.8, 4) is 5.75 Å². The summed E-state index contributed by atoms with van der Waals surface area (Å²) < 4.78 is 5.14. The summed E-state index contributed by atoms with van der Waals surface area (Å²) in [7, 11) is 1.63. The summed E-state index contributed by atoms with van der Waals surface area (Å²) in [6, 6.07) is 7.65. The largest absolute Gasteiger partial charge is 0.497 e. The van der Waals surface area contributed by atoms with Crippen molar-refractivity contribution in [2.75, 3.05) is 39.8 Å². The average molecular weight is 377 g/mol. The van der Waals surface area contributed by atoms with Crippen LogP contribution in [-0.2, 0) is 16.1 Å². The molecule has 1 aliphatic rings. The predicted molar refractivity (Wildman–Crippen MR) is 106 cm³/mol. The van der Waals surface area contributed by atoms with Crippen molar-refractivity contribution < 1.29 is 14.3 Å². The molecule has 1 heterocycles. The van der Waals surface area contributed by atoms with Crippen molar-refractivity contribution in [3.63, 3.8) is 0 Å². The summed E-state index contributed by atoms with van der Waals surface area (Å²) in [5.74, 6) is 0.888. The lowest BCUT2D eigenvalue weighted by atomic mass is 10.2. The van der Waals surface area contributed by atoms with E-state index >= 15 is 0 Å². The number of rotatable bonds is 8. The first-order valence-corrected chi connectivity index (χ1v) is 9.55. The zero-order chi connectivity index (χ0) is 19.8. The third-order valence-corrected chi connectivity index (χ3v) is 4.78. The second-order valence-electron chi connectivity index (χ2n) is 7.28. The van der Waals surface area contributed by atoms with E-state index in [-0.39, 0.29) is 23.9 Å². The topological polar surface area (TPSA) is 73.9 Å². The minimum Gasteiger partial charge on any atom is -0.497 e. The standard InChI is InChI=1S/C20H32N4O3/c1-15(2)22-19(25)14-23-9-11-24(12-10-23)16(3)20(26)21-13-17-5-7-18(27-4)8-6-17/h5-8,15-16H,9-14H2,1-4H3,(H,21,26)(H,22,25)/t16-/m0/s1. The number of carbonyl (C=O) groups is 2. The minimum absolute atomic E-state index is 0.0248. The summed E-state index contributed by atoms with van der Waals surface area (Å²) in [5.41, 5.74) is 1.04. The van der Waals surface area contributed by atoms with Crippen molar-refractivity contribution in [1.29, 1.82) is 0 Å². The lowest BCUT2D eigenvalue weighted by Crippen LogP contribution is -2.55. The van der Waals surface area contributed by atoms with Crippen LogP contribution in [0, 0.1) is 0 Å². The molecule has 1 atom stereocenters. The van der Waals surface area contributed by atoms with Gasteiger partial charge < -0.3 is 15.4 Å². The molecule has 1 aromatic rings. The van der Waals surface area contributed by atoms with E-state index in [1.54, 1.807) is 7.11 Å². The molecule has 0 spiro atoms. The maximum Gasteiger partial charge on any atom is 0.237 e. The Morgan fingerprint density at radius 1 is 1.07 bits per heavy atom. The van der Waals surface area contributed by atoms with Crippen molar-refractivity contribution in [2.24, 2.45) is 0 Å². The van der Waals surface area contributed by atoms with Gasteiger partial charge in [0, 0.05) is 38.8 Å². The quantitative estimate of drug-likeness (QED) is 0.703. The van der Waals surface area contributed by atoms with E-state index in [0.29, 0.717) is 13.1 Å². The molecule has 1 aromatic carbocycles. The first-order chi connectivity index (χ1) is 12.9. The van der Waals surface area contributed by atoms with Crippen molar-refractivity contribution in [2.45, 2.75) is 39.4 Å². The average Bonchev–Trinajstić information content (AvgIpc) is 2.65. The maximum atomic E-state index is 12.5. The number of amides is 2. The second kappa shape index (κ2) is 10.3. The summed E-state index contributed by atoms with van der Waals surface area (Å²) >= 11 is 0. The third-order valence-electron chi connectivity index (χ3n) is 4.78. The van der Waals surface area contributed by atoms with E-state index in [1.165, 1.54) is 0 Å². The number of ether oxygens (including phenoxy) is 1. The number of benzene rings is 1. The van der Waals surface area contributed by atoms with Gasteiger partial charge in [-0.05, 0) is 38.5 Å². The van der Waals surface area contributed by atoms with Gasteiger partial charge in [-0.2, -0.15) is 0 Å². The molecule has 2 rings (SSSR count). The van der Waals surface area contributed by atoms with Crippen LogP contribution in [0.3, 0.4) is 0 Å². The molecular formula is C20H32N4O3. The molecule has 7 nitrogen and oxygen atoms in total. The van der Waals surface area contributed by atoms with Crippen LogP contribution in [0.15, 0.2) is 24.3 Å². The van der Waals surface area contributed by atoms with Gasteiger partial charge in [-0.25, -0.2) is 0 Å². The summed E-state index contributed by atoms with van der Waals surface area (Å²) in [6.45, 7) is 9.93. The van der Waals surface area contributed by atoms with Gasteiger partial charge in [0.1, 0.15) is 5.75 Å².